The highest BCUT2D eigenvalue weighted by molar-refractivity contribution is 5.60. The zero-order valence-electron chi connectivity index (χ0n) is 14.3. The number of carbonyl (C=O) groups is 1. The molecule has 0 amide bonds. The highest BCUT2D eigenvalue weighted by atomic mass is 16.7. The third kappa shape index (κ3) is 10.1. The fraction of sp³-hybridized carbons (Fsp3) is 0.941. The summed E-state index contributed by atoms with van der Waals surface area (Å²) in [5, 5.41) is 0. The van der Waals surface area contributed by atoms with Crippen LogP contribution in [0, 0.1) is 11.8 Å². The van der Waals surface area contributed by atoms with Gasteiger partial charge in [-0.2, -0.15) is 0 Å². The average Bonchev–Trinajstić information content (AvgIpc) is 2.41. The van der Waals surface area contributed by atoms with Crippen molar-refractivity contribution >= 4 is 6.16 Å². The number of hydrogen-bond donors (Lipinski definition) is 0. The third-order valence-corrected chi connectivity index (χ3v) is 4.12. The summed E-state index contributed by atoms with van der Waals surface area (Å²) in [6.07, 6.45) is 5.71. The Balaban J connectivity index is 3.80. The summed E-state index contributed by atoms with van der Waals surface area (Å²) >= 11 is 0. The van der Waals surface area contributed by atoms with Gasteiger partial charge < -0.3 is 9.47 Å². The fourth-order valence-corrected chi connectivity index (χ4v) is 1.92. The predicted octanol–water partition coefficient (Wildman–Crippen LogP) is 5.57. The molecule has 0 aliphatic carbocycles. The van der Waals surface area contributed by atoms with E-state index in [9.17, 15) is 4.79 Å². The predicted molar refractivity (Wildman–Crippen MR) is 83.9 cm³/mol. The van der Waals surface area contributed by atoms with E-state index in [-0.39, 0.29) is 12.2 Å². The van der Waals surface area contributed by atoms with Gasteiger partial charge in [0.25, 0.3) is 0 Å². The maximum absolute atomic E-state index is 11.6. The van der Waals surface area contributed by atoms with Crippen molar-refractivity contribution in [2.45, 2.75) is 92.3 Å². The Morgan fingerprint density at radius 1 is 0.750 bits per heavy atom. The first kappa shape index (κ1) is 19.3. The van der Waals surface area contributed by atoms with Crippen molar-refractivity contribution in [1.82, 2.24) is 0 Å². The quantitative estimate of drug-likeness (QED) is 0.492. The van der Waals surface area contributed by atoms with Gasteiger partial charge in [-0.05, 0) is 51.4 Å². The number of rotatable bonds is 10. The topological polar surface area (TPSA) is 35.5 Å². The van der Waals surface area contributed by atoms with Crippen LogP contribution < -0.4 is 0 Å². The van der Waals surface area contributed by atoms with Gasteiger partial charge in [0.15, 0.2) is 0 Å². The first-order chi connectivity index (χ1) is 9.38. The molecule has 0 saturated heterocycles. The van der Waals surface area contributed by atoms with Crippen LogP contribution in [0.3, 0.4) is 0 Å². The van der Waals surface area contributed by atoms with Crippen LogP contribution in [0.1, 0.15) is 80.1 Å². The van der Waals surface area contributed by atoms with Gasteiger partial charge in [0.1, 0.15) is 12.2 Å². The smallest absolute Gasteiger partial charge is 0.431 e. The zero-order valence-corrected chi connectivity index (χ0v) is 14.3. The SMILES string of the molecule is CCC(C)CCC(C)OC(=O)OC(C)CCC(C)CC. The zero-order chi connectivity index (χ0) is 15.5. The van der Waals surface area contributed by atoms with Crippen molar-refractivity contribution in [3.8, 4) is 0 Å². The van der Waals surface area contributed by atoms with Gasteiger partial charge in [-0.25, -0.2) is 4.79 Å². The molecule has 20 heavy (non-hydrogen) atoms. The minimum absolute atomic E-state index is 0.0572. The van der Waals surface area contributed by atoms with Crippen LogP contribution >= 0.6 is 0 Å². The second-order valence-corrected chi connectivity index (χ2v) is 6.29. The molecule has 3 nitrogen and oxygen atoms in total. The van der Waals surface area contributed by atoms with E-state index in [0.717, 1.165) is 25.7 Å². The van der Waals surface area contributed by atoms with Crippen LogP contribution in [0.5, 0.6) is 0 Å². The van der Waals surface area contributed by atoms with Crippen molar-refractivity contribution in [1.29, 1.82) is 0 Å². The third-order valence-electron chi connectivity index (χ3n) is 4.12. The van der Waals surface area contributed by atoms with Crippen LogP contribution in [-0.4, -0.2) is 18.4 Å². The maximum Gasteiger partial charge on any atom is 0.508 e. The van der Waals surface area contributed by atoms with Gasteiger partial charge in [-0.1, -0.05) is 40.5 Å². The fourth-order valence-electron chi connectivity index (χ4n) is 1.92. The monoisotopic (exact) mass is 286 g/mol. The molecule has 0 aromatic rings. The summed E-state index contributed by atoms with van der Waals surface area (Å²) in [4.78, 5) is 11.6. The standard InChI is InChI=1S/C17H34O3/c1-7-13(3)9-11-15(5)19-17(18)20-16(6)12-10-14(4)8-2/h13-16H,7-12H2,1-6H3. The number of ether oxygens (including phenoxy) is 2. The lowest BCUT2D eigenvalue weighted by atomic mass is 10.0. The van der Waals surface area contributed by atoms with Crippen LogP contribution in [0.4, 0.5) is 4.79 Å². The molecule has 0 rings (SSSR count). The van der Waals surface area contributed by atoms with E-state index >= 15 is 0 Å². The van der Waals surface area contributed by atoms with Crippen molar-refractivity contribution in [2.75, 3.05) is 0 Å². The van der Waals surface area contributed by atoms with Crippen LogP contribution in [-0.2, 0) is 9.47 Å². The Bertz CT molecular complexity index is 229. The van der Waals surface area contributed by atoms with E-state index in [2.05, 4.69) is 27.7 Å². The van der Waals surface area contributed by atoms with Crippen molar-refractivity contribution in [3.05, 3.63) is 0 Å². The van der Waals surface area contributed by atoms with Gasteiger partial charge in [-0.15, -0.1) is 0 Å². The second kappa shape index (κ2) is 11.0. The van der Waals surface area contributed by atoms with Crippen LogP contribution in [0.2, 0.25) is 0 Å². The highest BCUT2D eigenvalue weighted by Gasteiger charge is 2.15. The van der Waals surface area contributed by atoms with Gasteiger partial charge in [-0.3, -0.25) is 0 Å². The highest BCUT2D eigenvalue weighted by Crippen LogP contribution is 2.15. The lowest BCUT2D eigenvalue weighted by molar-refractivity contribution is 0.00119. The van der Waals surface area contributed by atoms with Crippen molar-refractivity contribution in [2.24, 2.45) is 11.8 Å². The van der Waals surface area contributed by atoms with Gasteiger partial charge in [0, 0.05) is 0 Å². The van der Waals surface area contributed by atoms with Gasteiger partial charge in [0.05, 0.1) is 0 Å². The van der Waals surface area contributed by atoms with Crippen LogP contribution in [0.25, 0.3) is 0 Å². The Labute approximate surface area is 125 Å². The molecule has 0 saturated carbocycles. The molecule has 0 N–H and O–H groups in total. The molecule has 0 aliphatic heterocycles. The molecule has 0 radical (unpaired) electrons. The Kier molecular flexibility index (Phi) is 10.6. The summed E-state index contributed by atoms with van der Waals surface area (Å²) in [6.45, 7) is 12.7. The molecule has 4 unspecified atom stereocenters. The molecule has 0 heterocycles. The molecule has 3 heteroatoms. The minimum Gasteiger partial charge on any atom is -0.431 e. The second-order valence-electron chi connectivity index (χ2n) is 6.29. The molecule has 0 aromatic heterocycles. The van der Waals surface area contributed by atoms with Gasteiger partial charge >= 0.3 is 6.16 Å². The molecule has 0 fully saturated rings. The molecular formula is C17H34O3. The summed E-state index contributed by atoms with van der Waals surface area (Å²) in [5.41, 5.74) is 0. The summed E-state index contributed by atoms with van der Waals surface area (Å²) in [6, 6.07) is 0. The molecule has 120 valence electrons. The molecule has 4 atom stereocenters. The first-order valence-electron chi connectivity index (χ1n) is 8.26. The van der Waals surface area contributed by atoms with E-state index in [1.807, 2.05) is 13.8 Å². The maximum atomic E-state index is 11.6. The average molecular weight is 286 g/mol. The molecule has 0 bridgehead atoms. The van der Waals surface area contributed by atoms with Crippen molar-refractivity contribution in [3.63, 3.8) is 0 Å². The Hall–Kier alpha value is -0.730. The number of carbonyl (C=O) groups excluding carboxylic acids is 1. The molecule has 0 spiro atoms. The summed E-state index contributed by atoms with van der Waals surface area (Å²) in [7, 11) is 0. The lowest BCUT2D eigenvalue weighted by Gasteiger charge is -2.18. The van der Waals surface area contributed by atoms with Crippen LogP contribution in [0.15, 0.2) is 0 Å². The van der Waals surface area contributed by atoms with E-state index < -0.39 is 6.16 Å². The van der Waals surface area contributed by atoms with E-state index in [1.54, 1.807) is 0 Å². The normalized spacial score (nSPS) is 17.1. The van der Waals surface area contributed by atoms with E-state index in [0.29, 0.717) is 11.8 Å². The van der Waals surface area contributed by atoms with Gasteiger partial charge in [0.2, 0.25) is 0 Å². The minimum atomic E-state index is -0.515. The summed E-state index contributed by atoms with van der Waals surface area (Å²) < 4.78 is 10.6. The van der Waals surface area contributed by atoms with E-state index in [1.165, 1.54) is 12.8 Å². The molecule has 0 aromatic carbocycles. The van der Waals surface area contributed by atoms with E-state index in [4.69, 9.17) is 9.47 Å². The number of hydrogen-bond acceptors (Lipinski definition) is 3. The van der Waals surface area contributed by atoms with Crippen molar-refractivity contribution < 1.29 is 14.3 Å². The molecule has 0 aliphatic rings. The largest absolute Gasteiger partial charge is 0.508 e. The Morgan fingerprint density at radius 3 is 1.40 bits per heavy atom. The molecular weight excluding hydrogens is 252 g/mol. The summed E-state index contributed by atoms with van der Waals surface area (Å²) in [5.74, 6) is 1.37. The first-order valence-corrected chi connectivity index (χ1v) is 8.26. The lowest BCUT2D eigenvalue weighted by Crippen LogP contribution is -2.21. The Morgan fingerprint density at radius 2 is 1.10 bits per heavy atom.